The van der Waals surface area contributed by atoms with Crippen molar-refractivity contribution < 1.29 is 24.5 Å². The number of carboxylic acid groups (broad SMARTS) is 1. The van der Waals surface area contributed by atoms with Crippen molar-refractivity contribution in [3.05, 3.63) is 0 Å². The van der Waals surface area contributed by atoms with Crippen LogP contribution in [0.1, 0.15) is 13.3 Å². The zero-order valence-electron chi connectivity index (χ0n) is 11.5. The number of rotatable bonds is 6. The molecule has 1 rings (SSSR count). The number of hydrogen-bond acceptors (Lipinski definition) is 4. The second kappa shape index (κ2) is 6.72. The van der Waals surface area contributed by atoms with Gasteiger partial charge in [0.15, 0.2) is 0 Å². The number of methoxy groups -OCH3 is 1. The van der Waals surface area contributed by atoms with E-state index in [4.69, 9.17) is 14.9 Å². The van der Waals surface area contributed by atoms with Gasteiger partial charge in [0.25, 0.3) is 0 Å². The molecule has 1 fully saturated rings. The topological polar surface area (TPSA) is 90.3 Å². The van der Waals surface area contributed by atoms with E-state index in [9.17, 15) is 9.59 Å². The molecule has 0 spiro atoms. The van der Waals surface area contributed by atoms with Gasteiger partial charge in [0.05, 0.1) is 18.6 Å². The van der Waals surface area contributed by atoms with Gasteiger partial charge < -0.3 is 24.7 Å². The first-order valence-corrected chi connectivity index (χ1v) is 6.31. The quantitative estimate of drug-likeness (QED) is 0.702. The van der Waals surface area contributed by atoms with Gasteiger partial charge in [-0.05, 0) is 13.3 Å². The minimum atomic E-state index is -0.881. The average Bonchev–Trinajstić information content (AvgIpc) is 2.78. The molecule has 1 saturated heterocycles. The smallest absolute Gasteiger partial charge is 0.320 e. The van der Waals surface area contributed by atoms with Crippen LogP contribution in [-0.2, 0) is 9.53 Å². The van der Waals surface area contributed by atoms with Crippen LogP contribution in [0.2, 0.25) is 0 Å². The molecule has 1 unspecified atom stereocenters. The lowest BCUT2D eigenvalue weighted by Gasteiger charge is -2.28. The molecule has 0 aromatic carbocycles. The third-order valence-electron chi connectivity index (χ3n) is 3.47. The van der Waals surface area contributed by atoms with Crippen LogP contribution in [0.4, 0.5) is 4.79 Å². The molecule has 0 aliphatic carbocycles. The Morgan fingerprint density at radius 2 is 2.11 bits per heavy atom. The Labute approximate surface area is 112 Å². The molecule has 0 radical (unpaired) electrons. The fourth-order valence-corrected chi connectivity index (χ4v) is 2.12. The summed E-state index contributed by atoms with van der Waals surface area (Å²) in [5.74, 6) is -0.881. The number of carbonyl (C=O) groups excluding carboxylic acids is 1. The van der Waals surface area contributed by atoms with Crippen molar-refractivity contribution >= 4 is 12.0 Å². The molecular formula is C12H22N2O5. The highest BCUT2D eigenvalue weighted by Crippen LogP contribution is 2.30. The summed E-state index contributed by atoms with van der Waals surface area (Å²) in [5, 5.41) is 18.1. The van der Waals surface area contributed by atoms with Gasteiger partial charge in [-0.15, -0.1) is 0 Å². The molecule has 7 nitrogen and oxygen atoms in total. The number of carbonyl (C=O) groups is 2. The molecule has 110 valence electrons. The number of aliphatic hydroxyl groups excluding tert-OH is 1. The fourth-order valence-electron chi connectivity index (χ4n) is 2.12. The van der Waals surface area contributed by atoms with Gasteiger partial charge in [0.2, 0.25) is 0 Å². The van der Waals surface area contributed by atoms with Gasteiger partial charge >= 0.3 is 12.0 Å². The number of carboxylic acids is 1. The largest absolute Gasteiger partial charge is 0.481 e. The summed E-state index contributed by atoms with van der Waals surface area (Å²) in [6.07, 6.45) is 0.450. The van der Waals surface area contributed by atoms with E-state index in [0.717, 1.165) is 0 Å². The van der Waals surface area contributed by atoms with Crippen molar-refractivity contribution in [2.45, 2.75) is 13.3 Å². The van der Waals surface area contributed by atoms with Crippen LogP contribution in [0.25, 0.3) is 0 Å². The lowest BCUT2D eigenvalue weighted by Crippen LogP contribution is -2.46. The number of likely N-dealkylation sites (tertiary alicyclic amines) is 1. The number of aliphatic hydroxyl groups is 1. The molecule has 1 aliphatic heterocycles. The van der Waals surface area contributed by atoms with Gasteiger partial charge in [0, 0.05) is 33.3 Å². The molecule has 1 atom stereocenters. The predicted octanol–water partition coefficient (Wildman–Crippen LogP) is -0.156. The number of amides is 2. The van der Waals surface area contributed by atoms with Crippen LogP contribution in [0, 0.1) is 5.41 Å². The molecule has 0 aromatic heterocycles. The Balaban J connectivity index is 2.63. The molecule has 2 amide bonds. The van der Waals surface area contributed by atoms with E-state index in [2.05, 4.69) is 0 Å². The molecule has 1 heterocycles. The highest BCUT2D eigenvalue weighted by Gasteiger charge is 2.42. The molecular weight excluding hydrogens is 252 g/mol. The molecule has 0 saturated carbocycles. The molecule has 0 aromatic rings. The summed E-state index contributed by atoms with van der Waals surface area (Å²) >= 11 is 0. The van der Waals surface area contributed by atoms with Crippen molar-refractivity contribution in [2.75, 3.05) is 46.5 Å². The van der Waals surface area contributed by atoms with E-state index in [1.54, 1.807) is 14.0 Å². The van der Waals surface area contributed by atoms with Crippen LogP contribution in [0.15, 0.2) is 0 Å². The minimum Gasteiger partial charge on any atom is -0.481 e. The van der Waals surface area contributed by atoms with Crippen molar-refractivity contribution in [3.8, 4) is 0 Å². The Bertz CT molecular complexity index is 336. The van der Waals surface area contributed by atoms with Crippen molar-refractivity contribution in [2.24, 2.45) is 5.41 Å². The van der Waals surface area contributed by atoms with E-state index < -0.39 is 11.4 Å². The van der Waals surface area contributed by atoms with Crippen LogP contribution in [0.5, 0.6) is 0 Å². The predicted molar refractivity (Wildman–Crippen MR) is 67.9 cm³/mol. The Morgan fingerprint density at radius 1 is 1.42 bits per heavy atom. The van der Waals surface area contributed by atoms with Gasteiger partial charge in [-0.25, -0.2) is 4.79 Å². The lowest BCUT2D eigenvalue weighted by atomic mass is 9.90. The second-order valence-corrected chi connectivity index (χ2v) is 5.02. The maximum atomic E-state index is 12.2. The summed E-state index contributed by atoms with van der Waals surface area (Å²) in [5.41, 5.74) is -0.873. The van der Waals surface area contributed by atoms with Crippen LogP contribution < -0.4 is 0 Å². The first kappa shape index (κ1) is 15.7. The zero-order valence-corrected chi connectivity index (χ0v) is 11.5. The van der Waals surface area contributed by atoms with E-state index in [1.807, 2.05) is 0 Å². The molecule has 19 heavy (non-hydrogen) atoms. The maximum Gasteiger partial charge on any atom is 0.320 e. The minimum absolute atomic E-state index is 0.126. The third-order valence-corrected chi connectivity index (χ3v) is 3.47. The number of nitrogens with zero attached hydrogens (tertiary/aromatic N) is 2. The summed E-state index contributed by atoms with van der Waals surface area (Å²) in [6.45, 7) is 3.15. The van der Waals surface area contributed by atoms with E-state index in [0.29, 0.717) is 26.1 Å². The third kappa shape index (κ3) is 3.81. The first-order chi connectivity index (χ1) is 8.94. The maximum absolute atomic E-state index is 12.2. The van der Waals surface area contributed by atoms with E-state index in [-0.39, 0.29) is 25.7 Å². The van der Waals surface area contributed by atoms with Gasteiger partial charge in [0.1, 0.15) is 0 Å². The Hall–Kier alpha value is -1.34. The Kier molecular flexibility index (Phi) is 5.56. The highest BCUT2D eigenvalue weighted by atomic mass is 16.5. The summed E-state index contributed by atoms with van der Waals surface area (Å²) in [6, 6.07) is -0.240. The first-order valence-electron chi connectivity index (χ1n) is 6.31. The monoisotopic (exact) mass is 274 g/mol. The number of hydrogen-bond donors (Lipinski definition) is 2. The molecule has 2 N–H and O–H groups in total. The van der Waals surface area contributed by atoms with Gasteiger partial charge in [-0.3, -0.25) is 4.79 Å². The average molecular weight is 274 g/mol. The standard InChI is InChI=1S/C12H22N2O5/c1-12(10(16)17)3-4-14(9-12)11(18)13(5-7-15)6-8-19-2/h15H,3-9H2,1-2H3,(H,16,17). The second-order valence-electron chi connectivity index (χ2n) is 5.02. The van der Waals surface area contributed by atoms with Crippen molar-refractivity contribution in [1.29, 1.82) is 0 Å². The molecule has 1 aliphatic rings. The molecule has 0 bridgehead atoms. The van der Waals surface area contributed by atoms with E-state index in [1.165, 1.54) is 9.80 Å². The van der Waals surface area contributed by atoms with Crippen LogP contribution in [0.3, 0.4) is 0 Å². The lowest BCUT2D eigenvalue weighted by molar-refractivity contribution is -0.147. The Morgan fingerprint density at radius 3 is 2.58 bits per heavy atom. The van der Waals surface area contributed by atoms with Crippen molar-refractivity contribution in [1.82, 2.24) is 9.80 Å². The highest BCUT2D eigenvalue weighted by molar-refractivity contribution is 5.79. The normalized spacial score (nSPS) is 22.6. The van der Waals surface area contributed by atoms with E-state index >= 15 is 0 Å². The summed E-state index contributed by atoms with van der Waals surface area (Å²) in [4.78, 5) is 26.4. The van der Waals surface area contributed by atoms with Crippen LogP contribution in [-0.4, -0.2) is 78.5 Å². The SMILES string of the molecule is COCCN(CCO)C(=O)N1CCC(C)(C(=O)O)C1. The summed E-state index contributed by atoms with van der Waals surface area (Å²) < 4.78 is 4.92. The fraction of sp³-hybridized carbons (Fsp3) is 0.833. The van der Waals surface area contributed by atoms with Crippen LogP contribution >= 0.6 is 0 Å². The van der Waals surface area contributed by atoms with Gasteiger partial charge in [-0.1, -0.05) is 0 Å². The van der Waals surface area contributed by atoms with Crippen molar-refractivity contribution in [3.63, 3.8) is 0 Å². The number of aliphatic carboxylic acids is 1. The van der Waals surface area contributed by atoms with Gasteiger partial charge in [-0.2, -0.15) is 0 Å². The summed E-state index contributed by atoms with van der Waals surface area (Å²) in [7, 11) is 1.54. The molecule has 7 heteroatoms. The number of urea groups is 1. The number of ether oxygens (including phenoxy) is 1. The zero-order chi connectivity index (χ0) is 14.5.